The molecule has 3 N–H and O–H groups in total. The number of halogens is 3. The number of hydrogen-bond donors (Lipinski definition) is 3. The molecule has 2 heterocycles. The van der Waals surface area contributed by atoms with E-state index in [0.29, 0.717) is 23.1 Å². The van der Waals surface area contributed by atoms with Crippen molar-refractivity contribution < 1.29 is 21.6 Å². The number of rotatable bonds is 7. The summed E-state index contributed by atoms with van der Waals surface area (Å²) < 4.78 is 65.4. The molecule has 174 valence electrons. The van der Waals surface area contributed by atoms with E-state index in [1.54, 1.807) is 36.5 Å². The maximum absolute atomic E-state index is 12.7. The molecule has 12 heteroatoms. The van der Waals surface area contributed by atoms with Crippen molar-refractivity contribution in [3.63, 3.8) is 0 Å². The standard InChI is InChI=1S/C22H17F3N6O2S/c23-22(24,25)15-4-10-18(11-5-15)34(32,33)31-17-8-6-16(7-9-17)29-20-13-21(28-14-27-20)30-19-3-1-2-12-26-19/h1-14,31H,(H2,26,27,28,29,30). The van der Waals surface area contributed by atoms with Gasteiger partial charge in [0.1, 0.15) is 23.8 Å². The maximum atomic E-state index is 12.7. The van der Waals surface area contributed by atoms with E-state index in [4.69, 9.17) is 0 Å². The van der Waals surface area contributed by atoms with E-state index in [-0.39, 0.29) is 10.6 Å². The smallest absolute Gasteiger partial charge is 0.340 e. The topological polar surface area (TPSA) is 109 Å². The molecule has 0 fully saturated rings. The number of anilines is 5. The predicted octanol–water partition coefficient (Wildman–Crippen LogP) is 5.18. The van der Waals surface area contributed by atoms with E-state index in [9.17, 15) is 21.6 Å². The molecule has 0 saturated heterocycles. The van der Waals surface area contributed by atoms with Crippen molar-refractivity contribution in [1.82, 2.24) is 15.0 Å². The van der Waals surface area contributed by atoms with E-state index in [1.807, 2.05) is 6.07 Å². The molecule has 34 heavy (non-hydrogen) atoms. The van der Waals surface area contributed by atoms with Crippen molar-refractivity contribution in [3.8, 4) is 0 Å². The lowest BCUT2D eigenvalue weighted by atomic mass is 10.2. The molecule has 4 rings (SSSR count). The minimum atomic E-state index is -4.54. The normalized spacial score (nSPS) is 11.6. The molecule has 2 aromatic heterocycles. The molecule has 0 unspecified atom stereocenters. The third-order valence-corrected chi connectivity index (χ3v) is 5.89. The number of benzene rings is 2. The van der Waals surface area contributed by atoms with Crippen molar-refractivity contribution in [2.75, 3.05) is 15.4 Å². The highest BCUT2D eigenvalue weighted by Gasteiger charge is 2.30. The molecule has 4 aromatic rings. The van der Waals surface area contributed by atoms with E-state index < -0.39 is 21.8 Å². The van der Waals surface area contributed by atoms with Crippen LogP contribution in [0.5, 0.6) is 0 Å². The van der Waals surface area contributed by atoms with Crippen molar-refractivity contribution in [1.29, 1.82) is 0 Å². The van der Waals surface area contributed by atoms with Crippen LogP contribution in [-0.2, 0) is 16.2 Å². The zero-order valence-electron chi connectivity index (χ0n) is 17.3. The van der Waals surface area contributed by atoms with Crippen LogP contribution in [0.15, 0.2) is 90.2 Å². The van der Waals surface area contributed by atoms with Gasteiger partial charge in [-0.2, -0.15) is 13.2 Å². The molecule has 0 aliphatic heterocycles. The van der Waals surface area contributed by atoms with Gasteiger partial charge < -0.3 is 10.6 Å². The molecule has 0 spiro atoms. The summed E-state index contributed by atoms with van der Waals surface area (Å²) in [4.78, 5) is 12.2. The molecular formula is C22H17F3N6O2S. The van der Waals surface area contributed by atoms with Crippen LogP contribution in [0, 0.1) is 0 Å². The highest BCUT2D eigenvalue weighted by Crippen LogP contribution is 2.30. The Labute approximate surface area is 193 Å². The van der Waals surface area contributed by atoms with Gasteiger partial charge in [0.15, 0.2) is 0 Å². The highest BCUT2D eigenvalue weighted by atomic mass is 32.2. The molecule has 0 amide bonds. The average molecular weight is 486 g/mol. The van der Waals surface area contributed by atoms with Gasteiger partial charge in [0.2, 0.25) is 0 Å². The summed E-state index contributed by atoms with van der Waals surface area (Å²) in [6.45, 7) is 0. The molecular weight excluding hydrogens is 469 g/mol. The molecule has 0 aliphatic carbocycles. The number of nitrogens with zero attached hydrogens (tertiary/aromatic N) is 3. The van der Waals surface area contributed by atoms with Crippen LogP contribution in [0.4, 0.5) is 42.0 Å². The summed E-state index contributed by atoms with van der Waals surface area (Å²) in [6, 6.07) is 16.6. The summed E-state index contributed by atoms with van der Waals surface area (Å²) in [5.41, 5.74) is -0.0596. The van der Waals surface area contributed by atoms with Crippen LogP contribution in [0.2, 0.25) is 0 Å². The summed E-state index contributed by atoms with van der Waals surface area (Å²) in [7, 11) is -4.06. The SMILES string of the molecule is O=S(=O)(Nc1ccc(Nc2cc(Nc3ccccn3)ncn2)cc1)c1ccc(C(F)(F)F)cc1. The largest absolute Gasteiger partial charge is 0.416 e. The van der Waals surface area contributed by atoms with Gasteiger partial charge in [-0.25, -0.2) is 23.4 Å². The molecule has 0 bridgehead atoms. The summed E-state index contributed by atoms with van der Waals surface area (Å²) in [5, 5.41) is 6.13. The van der Waals surface area contributed by atoms with Gasteiger partial charge in [-0.15, -0.1) is 0 Å². The molecule has 0 atom stereocenters. The molecule has 0 aliphatic rings. The maximum Gasteiger partial charge on any atom is 0.416 e. The fraction of sp³-hybridized carbons (Fsp3) is 0.0455. The minimum Gasteiger partial charge on any atom is -0.340 e. The Kier molecular flexibility index (Phi) is 6.32. The Morgan fingerprint density at radius 1 is 0.706 bits per heavy atom. The Balaban J connectivity index is 1.42. The fourth-order valence-corrected chi connectivity index (χ4v) is 3.93. The number of sulfonamides is 1. The van der Waals surface area contributed by atoms with Gasteiger partial charge in [0, 0.05) is 23.6 Å². The zero-order valence-corrected chi connectivity index (χ0v) is 18.1. The number of alkyl halides is 3. The summed E-state index contributed by atoms with van der Waals surface area (Å²) in [5.74, 6) is 1.64. The van der Waals surface area contributed by atoms with E-state index in [2.05, 4.69) is 30.3 Å². The monoisotopic (exact) mass is 486 g/mol. The van der Waals surface area contributed by atoms with Gasteiger partial charge in [-0.05, 0) is 60.7 Å². The van der Waals surface area contributed by atoms with E-state index in [1.165, 1.54) is 18.5 Å². The van der Waals surface area contributed by atoms with Crippen molar-refractivity contribution in [3.05, 3.63) is 90.9 Å². The first-order valence-electron chi connectivity index (χ1n) is 9.76. The fourth-order valence-electron chi connectivity index (χ4n) is 2.87. The molecule has 0 radical (unpaired) electrons. The second-order valence-electron chi connectivity index (χ2n) is 6.96. The second kappa shape index (κ2) is 9.35. The third-order valence-electron chi connectivity index (χ3n) is 4.49. The minimum absolute atomic E-state index is 0.241. The molecule has 0 saturated carbocycles. The lowest BCUT2D eigenvalue weighted by molar-refractivity contribution is -0.137. The summed E-state index contributed by atoms with van der Waals surface area (Å²) in [6.07, 6.45) is -1.52. The van der Waals surface area contributed by atoms with Gasteiger partial charge in [0.05, 0.1) is 10.5 Å². The molecule has 8 nitrogen and oxygen atoms in total. The van der Waals surface area contributed by atoms with Crippen LogP contribution in [0.3, 0.4) is 0 Å². The first-order chi connectivity index (χ1) is 16.2. The van der Waals surface area contributed by atoms with Crippen LogP contribution < -0.4 is 15.4 Å². The van der Waals surface area contributed by atoms with Crippen molar-refractivity contribution in [2.45, 2.75) is 11.1 Å². The number of hydrogen-bond acceptors (Lipinski definition) is 7. The Morgan fingerprint density at radius 3 is 1.97 bits per heavy atom. The average Bonchev–Trinajstić information content (AvgIpc) is 2.81. The van der Waals surface area contributed by atoms with Crippen LogP contribution in [-0.4, -0.2) is 23.4 Å². The van der Waals surface area contributed by atoms with Gasteiger partial charge in [0.25, 0.3) is 10.0 Å². The third kappa shape index (κ3) is 5.78. The summed E-state index contributed by atoms with van der Waals surface area (Å²) >= 11 is 0. The Bertz CT molecular complexity index is 1360. The first kappa shape index (κ1) is 23.0. The Morgan fingerprint density at radius 2 is 1.35 bits per heavy atom. The van der Waals surface area contributed by atoms with Gasteiger partial charge in [-0.1, -0.05) is 6.07 Å². The van der Waals surface area contributed by atoms with Crippen molar-refractivity contribution >= 4 is 38.9 Å². The predicted molar refractivity (Wildman–Crippen MR) is 122 cm³/mol. The zero-order chi connectivity index (χ0) is 24.2. The van der Waals surface area contributed by atoms with Crippen molar-refractivity contribution in [2.24, 2.45) is 0 Å². The van der Waals surface area contributed by atoms with E-state index in [0.717, 1.165) is 24.3 Å². The van der Waals surface area contributed by atoms with E-state index >= 15 is 0 Å². The first-order valence-corrected chi connectivity index (χ1v) is 11.2. The molecule has 2 aromatic carbocycles. The number of aromatic nitrogens is 3. The quantitative estimate of drug-likeness (QED) is 0.330. The van der Waals surface area contributed by atoms with Crippen LogP contribution in [0.1, 0.15) is 5.56 Å². The van der Waals surface area contributed by atoms with Gasteiger partial charge in [-0.3, -0.25) is 4.72 Å². The highest BCUT2D eigenvalue weighted by molar-refractivity contribution is 7.92. The second-order valence-corrected chi connectivity index (χ2v) is 8.64. The van der Waals surface area contributed by atoms with Crippen LogP contribution >= 0.6 is 0 Å². The Hall–Kier alpha value is -4.19. The lowest BCUT2D eigenvalue weighted by Gasteiger charge is -2.11. The van der Waals surface area contributed by atoms with Crippen LogP contribution in [0.25, 0.3) is 0 Å². The lowest BCUT2D eigenvalue weighted by Crippen LogP contribution is -2.13. The number of pyridine rings is 1. The number of nitrogens with one attached hydrogen (secondary N) is 3. The van der Waals surface area contributed by atoms with Gasteiger partial charge >= 0.3 is 6.18 Å².